The number of carbonyl (C=O) groups excluding carboxylic acids is 1. The number of nitrogens with one attached hydrogen (secondary N) is 2. The molecule has 1 aliphatic heterocycles. The van der Waals surface area contributed by atoms with Crippen molar-refractivity contribution < 1.29 is 17.9 Å². The molecule has 1 amide bonds. The molecule has 0 saturated heterocycles. The highest BCUT2D eigenvalue weighted by Crippen LogP contribution is 2.37. The van der Waals surface area contributed by atoms with Gasteiger partial charge in [-0.25, -0.2) is 8.42 Å². The molecule has 2 N–H and O–H groups in total. The average Bonchev–Trinajstić information content (AvgIpc) is 2.80. The van der Waals surface area contributed by atoms with E-state index in [9.17, 15) is 13.2 Å². The van der Waals surface area contributed by atoms with Crippen molar-refractivity contribution in [3.05, 3.63) is 82.4 Å². The van der Waals surface area contributed by atoms with Crippen molar-refractivity contribution in [2.45, 2.75) is 26.5 Å². The van der Waals surface area contributed by atoms with Crippen LogP contribution in [0.2, 0.25) is 0 Å². The molecule has 0 fully saturated rings. The summed E-state index contributed by atoms with van der Waals surface area (Å²) in [6.45, 7) is 5.73. The van der Waals surface area contributed by atoms with Crippen LogP contribution in [0.1, 0.15) is 32.6 Å². The van der Waals surface area contributed by atoms with Crippen molar-refractivity contribution in [1.29, 1.82) is 0 Å². The van der Waals surface area contributed by atoms with Gasteiger partial charge in [0.15, 0.2) is 5.75 Å². The van der Waals surface area contributed by atoms with Gasteiger partial charge in [-0.3, -0.25) is 9.52 Å². The fourth-order valence-electron chi connectivity index (χ4n) is 3.37. The first-order valence-corrected chi connectivity index (χ1v) is 11.2. The topological polar surface area (TPSA) is 84.5 Å². The first-order valence-electron chi connectivity index (χ1n) is 9.51. The molecule has 0 saturated carbocycles. The molecule has 0 unspecified atom stereocenters. The monoisotopic (exact) mass is 422 g/mol. The summed E-state index contributed by atoms with van der Waals surface area (Å²) in [6, 6.07) is 15.9. The number of aryl methyl sites for hydroxylation is 3. The van der Waals surface area contributed by atoms with Crippen LogP contribution in [-0.4, -0.2) is 14.3 Å². The Bertz CT molecular complexity index is 1270. The van der Waals surface area contributed by atoms with Crippen LogP contribution in [0, 0.1) is 20.8 Å². The number of amides is 1. The average molecular weight is 423 g/mol. The van der Waals surface area contributed by atoms with Crippen LogP contribution in [0.4, 0.5) is 11.4 Å². The van der Waals surface area contributed by atoms with Gasteiger partial charge in [0, 0.05) is 5.69 Å². The summed E-state index contributed by atoms with van der Waals surface area (Å²) in [4.78, 5) is 12.7. The van der Waals surface area contributed by atoms with Crippen LogP contribution >= 0.6 is 0 Å². The van der Waals surface area contributed by atoms with Gasteiger partial charge in [-0.05, 0) is 67.8 Å². The zero-order valence-corrected chi connectivity index (χ0v) is 17.8. The van der Waals surface area contributed by atoms with Gasteiger partial charge in [-0.15, -0.1) is 0 Å². The van der Waals surface area contributed by atoms with Gasteiger partial charge in [0.05, 0.1) is 17.0 Å². The maximum atomic E-state index is 12.7. The van der Waals surface area contributed by atoms with E-state index in [4.69, 9.17) is 4.74 Å². The van der Waals surface area contributed by atoms with E-state index >= 15 is 0 Å². The van der Waals surface area contributed by atoms with Crippen LogP contribution in [0.3, 0.4) is 0 Å². The Kier molecular flexibility index (Phi) is 4.99. The lowest BCUT2D eigenvalue weighted by molar-refractivity contribution is 0.102. The highest BCUT2D eigenvalue weighted by Gasteiger charge is 2.22. The third-order valence-corrected chi connectivity index (χ3v) is 6.19. The first-order chi connectivity index (χ1) is 14.2. The summed E-state index contributed by atoms with van der Waals surface area (Å²) in [5.41, 5.74) is 4.78. The molecule has 4 rings (SSSR count). The van der Waals surface area contributed by atoms with Crippen molar-refractivity contribution in [2.75, 3.05) is 10.0 Å². The van der Waals surface area contributed by atoms with Gasteiger partial charge in [-0.2, -0.15) is 0 Å². The van der Waals surface area contributed by atoms with Crippen molar-refractivity contribution in [1.82, 2.24) is 0 Å². The standard InChI is InChI=1S/C23H22N2O4S/c1-14-4-6-16(3)17(10-14)13-30(27,28)25-18-7-9-21-19(12-18)23(26)24-20-11-15(2)5-8-22(20)29-21/h4-12,25H,13H2,1-3H3,(H,24,26). The maximum absolute atomic E-state index is 12.7. The van der Waals surface area contributed by atoms with Crippen molar-refractivity contribution >= 4 is 27.3 Å². The molecule has 3 aromatic rings. The van der Waals surface area contributed by atoms with Gasteiger partial charge >= 0.3 is 0 Å². The second-order valence-corrected chi connectivity index (χ2v) is 9.28. The number of hydrogen-bond donors (Lipinski definition) is 2. The number of ether oxygens (including phenoxy) is 1. The Labute approximate surface area is 176 Å². The third kappa shape index (κ3) is 4.16. The Hall–Kier alpha value is -3.32. The molecule has 30 heavy (non-hydrogen) atoms. The summed E-state index contributed by atoms with van der Waals surface area (Å²) in [5.74, 6) is 0.402. The van der Waals surface area contributed by atoms with E-state index in [1.165, 1.54) is 6.07 Å². The Morgan fingerprint density at radius 2 is 1.60 bits per heavy atom. The van der Waals surface area contributed by atoms with E-state index in [1.54, 1.807) is 18.2 Å². The van der Waals surface area contributed by atoms with Crippen LogP contribution in [-0.2, 0) is 15.8 Å². The van der Waals surface area contributed by atoms with E-state index in [0.717, 1.165) is 22.3 Å². The third-order valence-electron chi connectivity index (χ3n) is 4.95. The lowest BCUT2D eigenvalue weighted by Gasteiger charge is -2.12. The van der Waals surface area contributed by atoms with Crippen LogP contribution in [0.25, 0.3) is 0 Å². The minimum absolute atomic E-state index is 0.148. The summed E-state index contributed by atoms with van der Waals surface area (Å²) >= 11 is 0. The van der Waals surface area contributed by atoms with Crippen molar-refractivity contribution in [3.63, 3.8) is 0 Å². The van der Waals surface area contributed by atoms with E-state index < -0.39 is 10.0 Å². The molecule has 1 aliphatic rings. The molecular formula is C23H22N2O4S. The Morgan fingerprint density at radius 1 is 0.900 bits per heavy atom. The molecule has 6 nitrogen and oxygen atoms in total. The van der Waals surface area contributed by atoms with Gasteiger partial charge in [-0.1, -0.05) is 29.8 Å². The van der Waals surface area contributed by atoms with Gasteiger partial charge < -0.3 is 10.1 Å². The molecule has 0 spiro atoms. The number of carbonyl (C=O) groups is 1. The number of sulfonamides is 1. The molecule has 154 valence electrons. The lowest BCUT2D eigenvalue weighted by Crippen LogP contribution is -2.17. The SMILES string of the molecule is Cc1ccc(C)c(CS(=O)(=O)Nc2ccc3c(c2)C(=O)Nc2cc(C)ccc2O3)c1. The molecule has 0 atom stereocenters. The second kappa shape index (κ2) is 7.50. The first kappa shape index (κ1) is 20.0. The summed E-state index contributed by atoms with van der Waals surface area (Å²) in [6.07, 6.45) is 0. The van der Waals surface area contributed by atoms with Gasteiger partial charge in [0.2, 0.25) is 10.0 Å². The number of fused-ring (bicyclic) bond motifs is 2. The van der Waals surface area contributed by atoms with Crippen LogP contribution < -0.4 is 14.8 Å². The minimum Gasteiger partial charge on any atom is -0.454 e. The predicted octanol–water partition coefficient (Wildman–Crippen LogP) is 4.91. The minimum atomic E-state index is -3.66. The highest BCUT2D eigenvalue weighted by molar-refractivity contribution is 7.91. The Balaban J connectivity index is 1.60. The van der Waals surface area contributed by atoms with Gasteiger partial charge in [0.25, 0.3) is 5.91 Å². The van der Waals surface area contributed by atoms with Crippen molar-refractivity contribution in [2.24, 2.45) is 0 Å². The van der Waals surface area contributed by atoms with E-state index in [-0.39, 0.29) is 17.2 Å². The molecule has 7 heteroatoms. The Morgan fingerprint density at radius 3 is 2.40 bits per heavy atom. The van der Waals surface area contributed by atoms with Crippen molar-refractivity contribution in [3.8, 4) is 11.5 Å². The molecule has 0 aromatic heterocycles. The van der Waals surface area contributed by atoms with E-state index in [1.807, 2.05) is 51.1 Å². The molecule has 1 heterocycles. The fourth-order valence-corrected chi connectivity index (χ4v) is 4.65. The normalized spacial score (nSPS) is 12.8. The molecule has 0 radical (unpaired) electrons. The van der Waals surface area contributed by atoms with Gasteiger partial charge in [0.1, 0.15) is 5.75 Å². The summed E-state index contributed by atoms with van der Waals surface area (Å²) in [7, 11) is -3.66. The number of anilines is 2. The quantitative estimate of drug-likeness (QED) is 0.626. The van der Waals surface area contributed by atoms with E-state index in [0.29, 0.717) is 22.9 Å². The maximum Gasteiger partial charge on any atom is 0.259 e. The molecule has 0 bridgehead atoms. The number of benzene rings is 3. The van der Waals surface area contributed by atoms with E-state index in [2.05, 4.69) is 10.0 Å². The number of hydrogen-bond acceptors (Lipinski definition) is 4. The molecule has 3 aromatic carbocycles. The predicted molar refractivity (Wildman–Crippen MR) is 118 cm³/mol. The summed E-state index contributed by atoms with van der Waals surface area (Å²) < 4.78 is 33.9. The summed E-state index contributed by atoms with van der Waals surface area (Å²) in [5, 5.41) is 2.82. The van der Waals surface area contributed by atoms with Crippen LogP contribution in [0.15, 0.2) is 54.6 Å². The fraction of sp³-hybridized carbons (Fsp3) is 0.174. The molecular weight excluding hydrogens is 400 g/mol. The number of rotatable bonds is 4. The smallest absolute Gasteiger partial charge is 0.259 e. The second-order valence-electron chi connectivity index (χ2n) is 7.56. The highest BCUT2D eigenvalue weighted by atomic mass is 32.2. The molecule has 0 aliphatic carbocycles. The van der Waals surface area contributed by atoms with Crippen LogP contribution in [0.5, 0.6) is 11.5 Å². The zero-order valence-electron chi connectivity index (χ0n) is 16.9. The lowest BCUT2D eigenvalue weighted by atomic mass is 10.1. The largest absolute Gasteiger partial charge is 0.454 e. The zero-order chi connectivity index (χ0) is 21.5.